The molecule has 0 aliphatic heterocycles. The molecule has 2 aromatic rings. The molecule has 0 spiro atoms. The number of nitrogens with one attached hydrogen (secondary N) is 1. The summed E-state index contributed by atoms with van der Waals surface area (Å²) in [5.41, 5.74) is 7.68. The Morgan fingerprint density at radius 2 is 1.65 bits per heavy atom. The maximum Gasteiger partial charge on any atom is 0.0517 e. The zero-order chi connectivity index (χ0) is 12.1. The third-order valence-electron chi connectivity index (χ3n) is 2.98. The highest BCUT2D eigenvalue weighted by molar-refractivity contribution is 5.50. The summed E-state index contributed by atoms with van der Waals surface area (Å²) >= 11 is 0. The molecule has 3 N–H and O–H groups in total. The molecule has 0 fully saturated rings. The first-order valence-electron chi connectivity index (χ1n) is 5.89. The Hall–Kier alpha value is -1.80. The van der Waals surface area contributed by atoms with Crippen LogP contribution in [-0.4, -0.2) is 0 Å². The summed E-state index contributed by atoms with van der Waals surface area (Å²) < 4.78 is 0. The molecule has 0 saturated carbocycles. The lowest BCUT2D eigenvalue weighted by Crippen LogP contribution is -2.09. The van der Waals surface area contributed by atoms with Gasteiger partial charge in [-0.2, -0.15) is 0 Å². The van der Waals surface area contributed by atoms with Gasteiger partial charge in [0.25, 0.3) is 0 Å². The molecule has 0 unspecified atom stereocenters. The van der Waals surface area contributed by atoms with Crippen LogP contribution < -0.4 is 11.3 Å². The molecule has 2 nitrogen and oxygen atoms in total. The molecular formula is C15H18N2. The zero-order valence-corrected chi connectivity index (χ0v) is 10.1. The SMILES string of the molecule is Cc1ccc(CCc2ccccc2NN)cc1. The number of benzene rings is 2. The smallest absolute Gasteiger partial charge is 0.0517 e. The van der Waals surface area contributed by atoms with Crippen LogP contribution in [0.3, 0.4) is 0 Å². The fourth-order valence-corrected chi connectivity index (χ4v) is 1.91. The fraction of sp³-hybridized carbons (Fsp3) is 0.200. The molecule has 0 amide bonds. The lowest BCUT2D eigenvalue weighted by Gasteiger charge is -2.08. The first-order chi connectivity index (χ1) is 8.29. The molecule has 0 aliphatic carbocycles. The van der Waals surface area contributed by atoms with Crippen LogP contribution in [0.15, 0.2) is 48.5 Å². The van der Waals surface area contributed by atoms with E-state index in [1.807, 2.05) is 18.2 Å². The van der Waals surface area contributed by atoms with E-state index in [1.54, 1.807) is 0 Å². The van der Waals surface area contributed by atoms with Crippen LogP contribution in [0.2, 0.25) is 0 Å². The molecule has 17 heavy (non-hydrogen) atoms. The van der Waals surface area contributed by atoms with Crippen molar-refractivity contribution in [1.29, 1.82) is 0 Å². The summed E-state index contributed by atoms with van der Waals surface area (Å²) in [5, 5.41) is 0. The van der Waals surface area contributed by atoms with Crippen molar-refractivity contribution < 1.29 is 0 Å². The molecular weight excluding hydrogens is 208 g/mol. The van der Waals surface area contributed by atoms with E-state index in [4.69, 9.17) is 5.84 Å². The Morgan fingerprint density at radius 1 is 0.941 bits per heavy atom. The number of aryl methyl sites for hydroxylation is 3. The molecule has 0 heterocycles. The minimum absolute atomic E-state index is 1.00. The number of para-hydroxylation sites is 1. The topological polar surface area (TPSA) is 38.0 Å². The Bertz CT molecular complexity index is 475. The Morgan fingerprint density at radius 3 is 2.35 bits per heavy atom. The first kappa shape index (κ1) is 11.7. The van der Waals surface area contributed by atoms with Crippen molar-refractivity contribution in [1.82, 2.24) is 0 Å². The summed E-state index contributed by atoms with van der Waals surface area (Å²) in [4.78, 5) is 0. The van der Waals surface area contributed by atoms with Gasteiger partial charge in [-0.25, -0.2) is 0 Å². The fourth-order valence-electron chi connectivity index (χ4n) is 1.91. The van der Waals surface area contributed by atoms with Crippen molar-refractivity contribution >= 4 is 5.69 Å². The van der Waals surface area contributed by atoms with Gasteiger partial charge in [0.2, 0.25) is 0 Å². The molecule has 0 aliphatic rings. The number of hydrogen-bond acceptors (Lipinski definition) is 2. The second-order valence-corrected chi connectivity index (χ2v) is 4.29. The molecule has 0 saturated heterocycles. The average molecular weight is 226 g/mol. The second-order valence-electron chi connectivity index (χ2n) is 4.29. The van der Waals surface area contributed by atoms with Crippen LogP contribution in [0.4, 0.5) is 5.69 Å². The van der Waals surface area contributed by atoms with Gasteiger partial charge in [0.05, 0.1) is 5.69 Å². The van der Waals surface area contributed by atoms with E-state index in [1.165, 1.54) is 16.7 Å². The van der Waals surface area contributed by atoms with E-state index in [2.05, 4.69) is 42.7 Å². The minimum atomic E-state index is 1.00. The molecule has 0 aromatic heterocycles. The zero-order valence-electron chi connectivity index (χ0n) is 10.1. The van der Waals surface area contributed by atoms with Gasteiger partial charge in [0, 0.05) is 0 Å². The highest BCUT2D eigenvalue weighted by atomic mass is 15.2. The summed E-state index contributed by atoms with van der Waals surface area (Å²) in [5.74, 6) is 5.49. The molecule has 88 valence electrons. The number of nitrogen functional groups attached to an aromatic ring is 1. The Labute approximate surface area is 102 Å². The lowest BCUT2D eigenvalue weighted by molar-refractivity contribution is 0.958. The van der Waals surface area contributed by atoms with Crippen molar-refractivity contribution in [3.05, 3.63) is 65.2 Å². The van der Waals surface area contributed by atoms with Crippen LogP contribution in [0.1, 0.15) is 16.7 Å². The van der Waals surface area contributed by atoms with Crippen LogP contribution in [0, 0.1) is 6.92 Å². The maximum absolute atomic E-state index is 5.49. The maximum atomic E-state index is 5.49. The largest absolute Gasteiger partial charge is 0.324 e. The van der Waals surface area contributed by atoms with Gasteiger partial charge in [-0.05, 0) is 37.0 Å². The second kappa shape index (κ2) is 5.51. The van der Waals surface area contributed by atoms with Crippen molar-refractivity contribution in [3.63, 3.8) is 0 Å². The number of anilines is 1. The average Bonchev–Trinajstić information content (AvgIpc) is 2.38. The number of hydrazine groups is 1. The summed E-state index contributed by atoms with van der Waals surface area (Å²) in [6, 6.07) is 16.8. The van der Waals surface area contributed by atoms with Crippen LogP contribution >= 0.6 is 0 Å². The Kier molecular flexibility index (Phi) is 3.78. The van der Waals surface area contributed by atoms with Gasteiger partial charge >= 0.3 is 0 Å². The van der Waals surface area contributed by atoms with Crippen molar-refractivity contribution in [2.24, 2.45) is 5.84 Å². The first-order valence-corrected chi connectivity index (χ1v) is 5.89. The summed E-state index contributed by atoms with van der Waals surface area (Å²) in [7, 11) is 0. The van der Waals surface area contributed by atoms with Gasteiger partial charge < -0.3 is 5.43 Å². The van der Waals surface area contributed by atoms with Crippen LogP contribution in [0.25, 0.3) is 0 Å². The predicted molar refractivity (Wildman–Crippen MR) is 72.8 cm³/mol. The minimum Gasteiger partial charge on any atom is -0.324 e. The monoisotopic (exact) mass is 226 g/mol. The molecule has 0 radical (unpaired) electrons. The third-order valence-corrected chi connectivity index (χ3v) is 2.98. The van der Waals surface area contributed by atoms with Crippen LogP contribution in [0.5, 0.6) is 0 Å². The summed E-state index contributed by atoms with van der Waals surface area (Å²) in [6.07, 6.45) is 2.04. The molecule has 0 atom stereocenters. The van der Waals surface area contributed by atoms with Gasteiger partial charge in [0.15, 0.2) is 0 Å². The van der Waals surface area contributed by atoms with Crippen molar-refractivity contribution in [3.8, 4) is 0 Å². The quantitative estimate of drug-likeness (QED) is 0.621. The van der Waals surface area contributed by atoms with E-state index in [0.29, 0.717) is 0 Å². The van der Waals surface area contributed by atoms with Crippen molar-refractivity contribution in [2.75, 3.05) is 5.43 Å². The molecule has 2 rings (SSSR count). The van der Waals surface area contributed by atoms with Gasteiger partial charge in [0.1, 0.15) is 0 Å². The highest BCUT2D eigenvalue weighted by Gasteiger charge is 2.00. The highest BCUT2D eigenvalue weighted by Crippen LogP contribution is 2.16. The molecule has 2 heteroatoms. The van der Waals surface area contributed by atoms with E-state index >= 15 is 0 Å². The van der Waals surface area contributed by atoms with Gasteiger partial charge in [-0.15, -0.1) is 0 Å². The molecule has 2 aromatic carbocycles. The Balaban J connectivity index is 2.04. The predicted octanol–water partition coefficient (Wildman–Crippen LogP) is 3.07. The van der Waals surface area contributed by atoms with Gasteiger partial charge in [-0.1, -0.05) is 48.0 Å². The van der Waals surface area contributed by atoms with Gasteiger partial charge in [-0.3, -0.25) is 5.84 Å². The lowest BCUT2D eigenvalue weighted by atomic mass is 10.0. The normalized spacial score (nSPS) is 10.2. The van der Waals surface area contributed by atoms with Crippen LogP contribution in [-0.2, 0) is 12.8 Å². The van der Waals surface area contributed by atoms with E-state index in [9.17, 15) is 0 Å². The van der Waals surface area contributed by atoms with E-state index in [0.717, 1.165) is 18.5 Å². The number of nitrogens with two attached hydrogens (primary N) is 1. The van der Waals surface area contributed by atoms with Crippen molar-refractivity contribution in [2.45, 2.75) is 19.8 Å². The number of rotatable bonds is 4. The molecule has 0 bridgehead atoms. The number of hydrogen-bond donors (Lipinski definition) is 2. The van der Waals surface area contributed by atoms with E-state index < -0.39 is 0 Å². The summed E-state index contributed by atoms with van der Waals surface area (Å²) in [6.45, 7) is 2.11. The third kappa shape index (κ3) is 3.08. The standard InChI is InChI=1S/C15H18N2/c1-12-6-8-13(9-7-12)10-11-14-4-2-3-5-15(14)17-16/h2-9,17H,10-11,16H2,1H3. The van der Waals surface area contributed by atoms with E-state index in [-0.39, 0.29) is 0 Å².